The molecule has 6 nitrogen and oxygen atoms in total. The molecule has 0 atom stereocenters. The van der Waals surface area contributed by atoms with E-state index in [1.54, 1.807) is 24.8 Å². The summed E-state index contributed by atoms with van der Waals surface area (Å²) >= 11 is 0. The van der Waals surface area contributed by atoms with Gasteiger partial charge < -0.3 is 4.98 Å². The van der Waals surface area contributed by atoms with Gasteiger partial charge in [-0.05, 0) is 23.8 Å². The van der Waals surface area contributed by atoms with Gasteiger partial charge in [0.05, 0.1) is 11.7 Å². The van der Waals surface area contributed by atoms with E-state index in [0.717, 1.165) is 22.0 Å². The molecule has 0 spiro atoms. The molecular weight excluding hydrogens is 266 g/mol. The summed E-state index contributed by atoms with van der Waals surface area (Å²) in [6.45, 7) is 0. The molecule has 0 amide bonds. The van der Waals surface area contributed by atoms with Crippen LogP contribution in [0.25, 0.3) is 27.8 Å². The van der Waals surface area contributed by atoms with Crippen molar-refractivity contribution in [2.75, 3.05) is 0 Å². The molecule has 0 aliphatic rings. The first-order chi connectivity index (χ1) is 10.3. The monoisotopic (exact) mass is 277 g/mol. The summed E-state index contributed by atoms with van der Waals surface area (Å²) < 4.78 is 1.46. The van der Waals surface area contributed by atoms with Crippen molar-refractivity contribution in [3.8, 4) is 16.9 Å². The Morgan fingerprint density at radius 3 is 2.81 bits per heavy atom. The molecule has 3 aromatic heterocycles. The first kappa shape index (κ1) is 11.7. The van der Waals surface area contributed by atoms with Crippen molar-refractivity contribution in [2.45, 2.75) is 0 Å². The Kier molecular flexibility index (Phi) is 2.47. The van der Waals surface area contributed by atoms with Crippen LogP contribution in [0.5, 0.6) is 0 Å². The maximum atomic E-state index is 11.6. The van der Waals surface area contributed by atoms with Gasteiger partial charge in [-0.1, -0.05) is 12.1 Å². The van der Waals surface area contributed by atoms with Gasteiger partial charge in [0.15, 0.2) is 0 Å². The number of rotatable bonds is 2. The summed E-state index contributed by atoms with van der Waals surface area (Å²) in [6.07, 6.45) is 6.80. The van der Waals surface area contributed by atoms with Gasteiger partial charge in [0.1, 0.15) is 5.82 Å². The average Bonchev–Trinajstić information content (AvgIpc) is 3.15. The van der Waals surface area contributed by atoms with Crippen LogP contribution in [0.4, 0.5) is 0 Å². The van der Waals surface area contributed by atoms with Gasteiger partial charge in [-0.2, -0.15) is 5.10 Å². The highest BCUT2D eigenvalue weighted by Gasteiger charge is 2.07. The van der Waals surface area contributed by atoms with Crippen molar-refractivity contribution < 1.29 is 0 Å². The predicted octanol–water partition coefficient (Wildman–Crippen LogP) is 2.10. The maximum absolute atomic E-state index is 11.6. The summed E-state index contributed by atoms with van der Waals surface area (Å²) in [6, 6.07) is 9.75. The van der Waals surface area contributed by atoms with Crippen LogP contribution in [0.3, 0.4) is 0 Å². The fraction of sp³-hybridized carbons (Fsp3) is 0. The van der Waals surface area contributed by atoms with Gasteiger partial charge >= 0.3 is 5.69 Å². The molecule has 0 aliphatic heterocycles. The van der Waals surface area contributed by atoms with Crippen molar-refractivity contribution >= 4 is 10.9 Å². The molecule has 1 aromatic carbocycles. The number of nitrogens with zero attached hydrogens (tertiary/aromatic N) is 3. The second kappa shape index (κ2) is 4.45. The highest BCUT2D eigenvalue weighted by Crippen LogP contribution is 2.27. The predicted molar refractivity (Wildman–Crippen MR) is 79.3 cm³/mol. The third-order valence-electron chi connectivity index (χ3n) is 3.44. The minimum atomic E-state index is -0.202. The molecule has 0 aliphatic carbocycles. The number of imidazole rings is 1. The van der Waals surface area contributed by atoms with Crippen LogP contribution in [-0.4, -0.2) is 24.7 Å². The first-order valence-electron chi connectivity index (χ1n) is 6.48. The van der Waals surface area contributed by atoms with E-state index in [1.165, 1.54) is 4.57 Å². The van der Waals surface area contributed by atoms with Gasteiger partial charge in [0.2, 0.25) is 0 Å². The first-order valence-corrected chi connectivity index (χ1v) is 6.48. The normalized spacial score (nSPS) is 11.0. The molecule has 4 aromatic rings. The molecule has 0 saturated carbocycles. The Morgan fingerprint density at radius 2 is 2.05 bits per heavy atom. The molecule has 0 radical (unpaired) electrons. The van der Waals surface area contributed by atoms with E-state index in [2.05, 4.69) is 20.2 Å². The zero-order valence-corrected chi connectivity index (χ0v) is 10.9. The molecule has 21 heavy (non-hydrogen) atoms. The van der Waals surface area contributed by atoms with E-state index in [9.17, 15) is 4.79 Å². The number of aromatic nitrogens is 5. The Bertz CT molecular complexity index is 961. The molecule has 0 bridgehead atoms. The summed E-state index contributed by atoms with van der Waals surface area (Å²) in [4.78, 5) is 18.5. The number of hydrogen-bond acceptors (Lipinski definition) is 3. The lowest BCUT2D eigenvalue weighted by Crippen LogP contribution is -2.14. The standard InChI is InChI=1S/C15H11N5O/c21-15-16-6-7-20(15)14-5-4-10(8-17-14)11-2-1-3-13-12(11)9-18-19-13/h1-9H,(H,16,21)(H,18,19). The number of H-pyrrole nitrogens is 2. The van der Waals surface area contributed by atoms with Crippen LogP contribution in [0, 0.1) is 0 Å². The molecule has 2 N–H and O–H groups in total. The summed E-state index contributed by atoms with van der Waals surface area (Å²) in [7, 11) is 0. The number of pyridine rings is 1. The highest BCUT2D eigenvalue weighted by atomic mass is 16.1. The second-order valence-electron chi connectivity index (χ2n) is 4.68. The zero-order chi connectivity index (χ0) is 14.2. The number of benzene rings is 1. The SMILES string of the molecule is O=c1[nH]ccn1-c1ccc(-c2cccc3[nH]ncc23)cn1. The van der Waals surface area contributed by atoms with Crippen LogP contribution in [0.15, 0.2) is 59.9 Å². The molecule has 0 fully saturated rings. The van der Waals surface area contributed by atoms with Gasteiger partial charge in [-0.15, -0.1) is 0 Å². The Morgan fingerprint density at radius 1 is 1.10 bits per heavy atom. The van der Waals surface area contributed by atoms with Gasteiger partial charge in [-0.3, -0.25) is 9.67 Å². The fourth-order valence-corrected chi connectivity index (χ4v) is 2.41. The maximum Gasteiger partial charge on any atom is 0.331 e. The third kappa shape index (κ3) is 1.85. The lowest BCUT2D eigenvalue weighted by atomic mass is 10.0. The van der Waals surface area contributed by atoms with Gasteiger partial charge in [0.25, 0.3) is 0 Å². The van der Waals surface area contributed by atoms with Crippen molar-refractivity contribution in [1.29, 1.82) is 0 Å². The number of hydrogen-bond donors (Lipinski definition) is 2. The van der Waals surface area contributed by atoms with Crippen molar-refractivity contribution in [3.63, 3.8) is 0 Å². The number of nitrogens with one attached hydrogen (secondary N) is 2. The zero-order valence-electron chi connectivity index (χ0n) is 10.9. The van der Waals surface area contributed by atoms with Crippen molar-refractivity contribution in [2.24, 2.45) is 0 Å². The van der Waals surface area contributed by atoms with Crippen molar-refractivity contribution in [1.82, 2.24) is 24.7 Å². The molecule has 0 unspecified atom stereocenters. The Hall–Kier alpha value is -3.15. The van der Waals surface area contributed by atoms with Crippen LogP contribution in [0.2, 0.25) is 0 Å². The highest BCUT2D eigenvalue weighted by molar-refractivity contribution is 5.94. The van der Waals surface area contributed by atoms with E-state index in [-0.39, 0.29) is 5.69 Å². The fourth-order valence-electron chi connectivity index (χ4n) is 2.41. The molecule has 102 valence electrons. The lowest BCUT2D eigenvalue weighted by Gasteiger charge is -2.05. The lowest BCUT2D eigenvalue weighted by molar-refractivity contribution is 0.941. The van der Waals surface area contributed by atoms with Crippen molar-refractivity contribution in [3.05, 3.63) is 65.6 Å². The van der Waals surface area contributed by atoms with Gasteiger partial charge in [-0.25, -0.2) is 9.78 Å². The summed E-state index contributed by atoms with van der Waals surface area (Å²) in [5, 5.41) is 8.06. The van der Waals surface area contributed by atoms with E-state index < -0.39 is 0 Å². The quantitative estimate of drug-likeness (QED) is 0.589. The summed E-state index contributed by atoms with van der Waals surface area (Å²) in [5.41, 5.74) is 2.82. The Balaban J connectivity index is 1.82. The molecule has 6 heteroatoms. The third-order valence-corrected chi connectivity index (χ3v) is 3.44. The minimum absolute atomic E-state index is 0.202. The molecular formula is C15H11N5O. The largest absolute Gasteiger partial charge is 0.331 e. The minimum Gasteiger partial charge on any atom is -0.312 e. The van der Waals surface area contributed by atoms with Crippen LogP contribution in [0.1, 0.15) is 0 Å². The summed E-state index contributed by atoms with van der Waals surface area (Å²) in [5.74, 6) is 0.587. The smallest absolute Gasteiger partial charge is 0.312 e. The molecule has 4 rings (SSSR count). The topological polar surface area (TPSA) is 79.4 Å². The van der Waals surface area contributed by atoms with E-state index >= 15 is 0 Å². The van der Waals surface area contributed by atoms with Crippen LogP contribution < -0.4 is 5.69 Å². The van der Waals surface area contributed by atoms with Crippen LogP contribution >= 0.6 is 0 Å². The van der Waals surface area contributed by atoms with E-state index in [0.29, 0.717) is 5.82 Å². The second-order valence-corrected chi connectivity index (χ2v) is 4.68. The van der Waals surface area contributed by atoms with E-state index in [1.807, 2.05) is 30.3 Å². The van der Waals surface area contributed by atoms with Crippen LogP contribution in [-0.2, 0) is 0 Å². The van der Waals surface area contributed by atoms with Gasteiger partial charge in [0, 0.05) is 29.5 Å². The Labute approximate surface area is 119 Å². The molecule has 0 saturated heterocycles. The molecule has 3 heterocycles. The number of fused-ring (bicyclic) bond motifs is 1. The average molecular weight is 277 g/mol. The van der Waals surface area contributed by atoms with E-state index in [4.69, 9.17) is 0 Å². The number of aromatic amines is 2.